The van der Waals surface area contributed by atoms with E-state index in [1.807, 2.05) is 4.90 Å². The van der Waals surface area contributed by atoms with Crippen molar-refractivity contribution in [1.29, 1.82) is 0 Å². The van der Waals surface area contributed by atoms with E-state index in [0.29, 0.717) is 6.54 Å². The Labute approximate surface area is 129 Å². The fourth-order valence-corrected chi connectivity index (χ4v) is 4.21. The standard InChI is InChI=1S/C18H19NOS/c1-4-18(20)19-10-16(14-8-6-5-7-12(14)2)15-9-13(3)21-17(15)11-19/h4-9,16H,1,10-11H2,2-3H3/t16-/m1/s1. The van der Waals surface area contributed by atoms with Crippen LogP contribution in [-0.4, -0.2) is 17.4 Å². The summed E-state index contributed by atoms with van der Waals surface area (Å²) in [7, 11) is 0. The molecule has 0 radical (unpaired) electrons. The van der Waals surface area contributed by atoms with Gasteiger partial charge in [0.1, 0.15) is 0 Å². The van der Waals surface area contributed by atoms with Crippen LogP contribution in [0.15, 0.2) is 43.0 Å². The van der Waals surface area contributed by atoms with Crippen molar-refractivity contribution in [3.63, 3.8) is 0 Å². The highest BCUT2D eigenvalue weighted by Gasteiger charge is 2.30. The maximum atomic E-state index is 12.1. The van der Waals surface area contributed by atoms with Crippen molar-refractivity contribution < 1.29 is 4.79 Å². The largest absolute Gasteiger partial charge is 0.333 e. The molecule has 0 fully saturated rings. The summed E-state index contributed by atoms with van der Waals surface area (Å²) >= 11 is 1.80. The minimum atomic E-state index is 0.0188. The van der Waals surface area contributed by atoms with Crippen LogP contribution in [0.3, 0.4) is 0 Å². The summed E-state index contributed by atoms with van der Waals surface area (Å²) in [6.07, 6.45) is 1.42. The number of fused-ring (bicyclic) bond motifs is 1. The lowest BCUT2D eigenvalue weighted by Crippen LogP contribution is -2.37. The average Bonchev–Trinajstić information content (AvgIpc) is 2.86. The molecule has 1 aliphatic heterocycles. The first-order chi connectivity index (χ1) is 10.1. The molecule has 1 aromatic carbocycles. The Kier molecular flexibility index (Phi) is 3.68. The molecule has 1 atom stereocenters. The molecule has 1 aromatic heterocycles. The molecule has 1 aliphatic rings. The number of carbonyl (C=O) groups is 1. The van der Waals surface area contributed by atoms with Crippen LogP contribution in [0, 0.1) is 13.8 Å². The van der Waals surface area contributed by atoms with Gasteiger partial charge in [0.05, 0.1) is 6.54 Å². The van der Waals surface area contributed by atoms with Crippen LogP contribution in [-0.2, 0) is 11.3 Å². The Balaban J connectivity index is 2.08. The van der Waals surface area contributed by atoms with Crippen LogP contribution in [0.1, 0.15) is 32.4 Å². The number of benzene rings is 1. The van der Waals surface area contributed by atoms with Crippen LogP contribution < -0.4 is 0 Å². The van der Waals surface area contributed by atoms with E-state index in [-0.39, 0.29) is 11.8 Å². The van der Waals surface area contributed by atoms with Crippen molar-refractivity contribution in [2.45, 2.75) is 26.3 Å². The fourth-order valence-electron chi connectivity index (χ4n) is 3.10. The lowest BCUT2D eigenvalue weighted by molar-refractivity contribution is -0.127. The third-order valence-corrected chi connectivity index (χ3v) is 5.18. The van der Waals surface area contributed by atoms with Crippen molar-refractivity contribution >= 4 is 17.2 Å². The zero-order chi connectivity index (χ0) is 15.0. The molecule has 2 aromatic rings. The highest BCUT2D eigenvalue weighted by molar-refractivity contribution is 7.12. The molecule has 0 N–H and O–H groups in total. The maximum absolute atomic E-state index is 12.1. The third-order valence-electron chi connectivity index (χ3n) is 4.13. The van der Waals surface area contributed by atoms with Crippen LogP contribution >= 0.6 is 11.3 Å². The molecule has 3 rings (SSSR count). The number of hydrogen-bond donors (Lipinski definition) is 0. The lowest BCUT2D eigenvalue weighted by Gasteiger charge is -2.33. The van der Waals surface area contributed by atoms with Crippen molar-refractivity contribution in [2.24, 2.45) is 0 Å². The molecule has 0 saturated heterocycles. The molecule has 0 aliphatic carbocycles. The van der Waals surface area contributed by atoms with Gasteiger partial charge in [-0.15, -0.1) is 11.3 Å². The Morgan fingerprint density at radius 1 is 1.33 bits per heavy atom. The van der Waals surface area contributed by atoms with Gasteiger partial charge in [-0.1, -0.05) is 30.8 Å². The number of amides is 1. The van der Waals surface area contributed by atoms with Gasteiger partial charge in [-0.25, -0.2) is 0 Å². The second kappa shape index (κ2) is 5.49. The summed E-state index contributed by atoms with van der Waals surface area (Å²) in [6.45, 7) is 9.35. The number of nitrogens with zero attached hydrogens (tertiary/aromatic N) is 1. The molecule has 108 valence electrons. The van der Waals surface area contributed by atoms with Crippen molar-refractivity contribution in [3.8, 4) is 0 Å². The van der Waals surface area contributed by atoms with Gasteiger partial charge >= 0.3 is 0 Å². The van der Waals surface area contributed by atoms with E-state index in [1.165, 1.54) is 32.5 Å². The Morgan fingerprint density at radius 2 is 2.10 bits per heavy atom. The predicted molar refractivity (Wildman–Crippen MR) is 87.7 cm³/mol. The first-order valence-electron chi connectivity index (χ1n) is 7.16. The number of hydrogen-bond acceptors (Lipinski definition) is 2. The van der Waals surface area contributed by atoms with Gasteiger partial charge in [-0.05, 0) is 42.7 Å². The van der Waals surface area contributed by atoms with Crippen LogP contribution in [0.2, 0.25) is 0 Å². The zero-order valence-electron chi connectivity index (χ0n) is 12.4. The lowest BCUT2D eigenvalue weighted by atomic mass is 9.86. The van der Waals surface area contributed by atoms with Crippen molar-refractivity contribution in [2.75, 3.05) is 6.54 Å². The van der Waals surface area contributed by atoms with E-state index in [1.54, 1.807) is 11.3 Å². The molecular weight excluding hydrogens is 278 g/mol. The summed E-state index contributed by atoms with van der Waals surface area (Å²) in [5.74, 6) is 0.286. The Morgan fingerprint density at radius 3 is 2.81 bits per heavy atom. The predicted octanol–water partition coefficient (Wildman–Crippen LogP) is 4.03. The van der Waals surface area contributed by atoms with Crippen LogP contribution in [0.25, 0.3) is 0 Å². The fraction of sp³-hybridized carbons (Fsp3) is 0.278. The first-order valence-corrected chi connectivity index (χ1v) is 7.98. The molecular formula is C18H19NOS. The second-order valence-corrected chi connectivity index (χ2v) is 6.91. The van der Waals surface area contributed by atoms with E-state index in [9.17, 15) is 4.79 Å². The van der Waals surface area contributed by atoms with Gasteiger partial charge in [0.2, 0.25) is 5.91 Å². The van der Waals surface area contributed by atoms with E-state index in [0.717, 1.165) is 6.54 Å². The number of thiophene rings is 1. The maximum Gasteiger partial charge on any atom is 0.246 e. The van der Waals surface area contributed by atoms with Gasteiger partial charge in [0.15, 0.2) is 0 Å². The molecule has 3 heteroatoms. The minimum absolute atomic E-state index is 0.0188. The third kappa shape index (κ3) is 2.54. The van der Waals surface area contributed by atoms with Gasteiger partial charge in [-0.2, -0.15) is 0 Å². The van der Waals surface area contributed by atoms with E-state index in [2.05, 4.69) is 50.8 Å². The van der Waals surface area contributed by atoms with Gasteiger partial charge in [-0.3, -0.25) is 4.79 Å². The van der Waals surface area contributed by atoms with Gasteiger partial charge in [0.25, 0.3) is 0 Å². The monoisotopic (exact) mass is 297 g/mol. The summed E-state index contributed by atoms with van der Waals surface area (Å²) in [5.41, 5.74) is 3.99. The van der Waals surface area contributed by atoms with Gasteiger partial charge < -0.3 is 4.90 Å². The highest BCUT2D eigenvalue weighted by Crippen LogP contribution is 2.39. The Hall–Kier alpha value is -1.87. The topological polar surface area (TPSA) is 20.3 Å². The average molecular weight is 297 g/mol. The number of carbonyl (C=O) groups excluding carboxylic acids is 1. The zero-order valence-corrected chi connectivity index (χ0v) is 13.2. The summed E-state index contributed by atoms with van der Waals surface area (Å²) in [5, 5.41) is 0. The smallest absolute Gasteiger partial charge is 0.246 e. The molecule has 1 amide bonds. The van der Waals surface area contributed by atoms with Gasteiger partial charge in [0, 0.05) is 22.2 Å². The molecule has 0 bridgehead atoms. The van der Waals surface area contributed by atoms with E-state index >= 15 is 0 Å². The number of aryl methyl sites for hydroxylation is 2. The van der Waals surface area contributed by atoms with Crippen LogP contribution in [0.5, 0.6) is 0 Å². The van der Waals surface area contributed by atoms with Crippen LogP contribution in [0.4, 0.5) is 0 Å². The Bertz CT molecular complexity index is 701. The van der Waals surface area contributed by atoms with Crippen molar-refractivity contribution in [3.05, 3.63) is 69.4 Å². The van der Waals surface area contributed by atoms with E-state index < -0.39 is 0 Å². The summed E-state index contributed by atoms with van der Waals surface area (Å²) < 4.78 is 0. The summed E-state index contributed by atoms with van der Waals surface area (Å²) in [4.78, 5) is 16.6. The minimum Gasteiger partial charge on any atom is -0.333 e. The summed E-state index contributed by atoms with van der Waals surface area (Å²) in [6, 6.07) is 10.7. The molecule has 2 nitrogen and oxygen atoms in total. The highest BCUT2D eigenvalue weighted by atomic mass is 32.1. The quantitative estimate of drug-likeness (QED) is 0.767. The number of rotatable bonds is 2. The SMILES string of the molecule is C=CC(=O)N1Cc2sc(C)cc2[C@@H](c2ccccc2C)C1. The van der Waals surface area contributed by atoms with E-state index in [4.69, 9.17) is 0 Å². The molecule has 0 spiro atoms. The molecule has 0 saturated carbocycles. The molecule has 21 heavy (non-hydrogen) atoms. The van der Waals surface area contributed by atoms with Crippen molar-refractivity contribution in [1.82, 2.24) is 4.90 Å². The molecule has 2 heterocycles. The second-order valence-electron chi connectivity index (χ2n) is 5.57. The molecule has 0 unspecified atom stereocenters. The normalized spacial score (nSPS) is 17.4. The first kappa shape index (κ1) is 14.1.